The van der Waals surface area contributed by atoms with E-state index in [-0.39, 0.29) is 57.9 Å². The molecule has 222 valence electrons. The quantitative estimate of drug-likeness (QED) is 0.436. The molecule has 41 heavy (non-hydrogen) atoms. The van der Waals surface area contributed by atoms with E-state index in [1.807, 2.05) is 0 Å². The summed E-state index contributed by atoms with van der Waals surface area (Å²) in [5, 5.41) is 3.77. The van der Waals surface area contributed by atoms with Gasteiger partial charge >= 0.3 is 6.09 Å². The minimum atomic E-state index is -4.08. The van der Waals surface area contributed by atoms with Crippen molar-refractivity contribution < 1.29 is 40.7 Å². The lowest BCUT2D eigenvalue weighted by molar-refractivity contribution is -0.138. The first kappa shape index (κ1) is 30.6. The predicted octanol–water partition coefficient (Wildman–Crippen LogP) is 4.69. The van der Waals surface area contributed by atoms with E-state index in [4.69, 9.17) is 11.6 Å². The number of nitrogens with one attached hydrogen (secondary N) is 2. The van der Waals surface area contributed by atoms with E-state index in [1.54, 1.807) is 18.7 Å². The summed E-state index contributed by atoms with van der Waals surface area (Å²) in [6, 6.07) is 3.15. The number of alkyl carbamates (subject to hydrolysis) is 1. The Morgan fingerprint density at radius 1 is 1.02 bits per heavy atom. The van der Waals surface area contributed by atoms with E-state index in [2.05, 4.69) is 15.4 Å². The molecule has 2 saturated heterocycles. The van der Waals surface area contributed by atoms with Gasteiger partial charge < -0.3 is 20.3 Å². The number of nitrogens with zero attached hydrogens (tertiary/aromatic N) is 1. The lowest BCUT2D eigenvalue weighted by Crippen LogP contribution is -2.57. The number of piperidine rings is 1. The minimum Gasteiger partial charge on any atom is -0.453 e. The summed E-state index contributed by atoms with van der Waals surface area (Å²) in [7, 11) is -2.89. The third-order valence-electron chi connectivity index (χ3n) is 7.52. The Hall–Kier alpha value is -3.32. The molecule has 0 spiro atoms. The van der Waals surface area contributed by atoms with Crippen LogP contribution in [0.1, 0.15) is 49.9 Å². The first-order chi connectivity index (χ1) is 19.2. The Balaban J connectivity index is 1.54. The Bertz CT molecular complexity index is 1450. The molecule has 2 aliphatic heterocycles. The Morgan fingerprint density at radius 2 is 1.61 bits per heavy atom. The fraction of sp³-hybridized carbons (Fsp3) is 0.444. The van der Waals surface area contributed by atoms with Crippen LogP contribution in [0.5, 0.6) is 0 Å². The fourth-order valence-corrected chi connectivity index (χ4v) is 7.85. The molecule has 3 amide bonds. The predicted molar refractivity (Wildman–Crippen MR) is 144 cm³/mol. The smallest absolute Gasteiger partial charge is 0.407 e. The summed E-state index contributed by atoms with van der Waals surface area (Å²) < 4.78 is 72.5. The van der Waals surface area contributed by atoms with Crippen molar-refractivity contribution in [1.29, 1.82) is 0 Å². The lowest BCUT2D eigenvalue weighted by Gasteiger charge is -2.41. The zero-order valence-corrected chi connectivity index (χ0v) is 24.0. The number of amides is 3. The molecule has 4 rings (SSSR count). The van der Waals surface area contributed by atoms with Gasteiger partial charge in [-0.05, 0) is 49.8 Å². The van der Waals surface area contributed by atoms with E-state index in [0.29, 0.717) is 25.0 Å². The maximum Gasteiger partial charge on any atom is 0.407 e. The lowest BCUT2D eigenvalue weighted by atomic mass is 9.97. The SMILES string of the molecule is COC(=O)N[C@H](C(=O)N1C2CC[C@H]1C[C@H](S(=O)(=O)c1cc(C(=O)Nc3cc(F)c(F)c(F)c3)ccc1Cl)C2)C(C)C. The summed E-state index contributed by atoms with van der Waals surface area (Å²) in [5.74, 6) is -6.12. The number of ether oxygens (including phenoxy) is 1. The molecule has 14 heteroatoms. The van der Waals surface area contributed by atoms with Crippen molar-refractivity contribution in [3.05, 3.63) is 58.4 Å². The molecule has 2 N–H and O–H groups in total. The second kappa shape index (κ2) is 11.9. The maximum absolute atomic E-state index is 13.8. The average molecular weight is 616 g/mol. The van der Waals surface area contributed by atoms with Gasteiger partial charge in [0.2, 0.25) is 5.91 Å². The Morgan fingerprint density at radius 3 is 2.15 bits per heavy atom. The molecule has 1 unspecified atom stereocenters. The van der Waals surface area contributed by atoms with Crippen molar-refractivity contribution in [3.63, 3.8) is 0 Å². The highest BCUT2D eigenvalue weighted by Crippen LogP contribution is 2.41. The highest BCUT2D eigenvalue weighted by molar-refractivity contribution is 7.92. The zero-order valence-electron chi connectivity index (χ0n) is 22.4. The van der Waals surface area contributed by atoms with Crippen molar-refractivity contribution in [3.8, 4) is 0 Å². The van der Waals surface area contributed by atoms with E-state index in [9.17, 15) is 36.0 Å². The molecule has 2 aromatic carbocycles. The molecule has 2 fully saturated rings. The number of fused-ring (bicyclic) bond motifs is 2. The van der Waals surface area contributed by atoms with E-state index in [0.717, 1.165) is 6.07 Å². The Kier molecular flexibility index (Phi) is 8.88. The van der Waals surface area contributed by atoms with Gasteiger partial charge in [-0.2, -0.15) is 0 Å². The fourth-order valence-electron chi connectivity index (χ4n) is 5.47. The number of carbonyl (C=O) groups is 3. The molecular weight excluding hydrogens is 587 g/mol. The number of anilines is 1. The van der Waals surface area contributed by atoms with Crippen molar-refractivity contribution in [2.24, 2.45) is 5.92 Å². The summed E-state index contributed by atoms with van der Waals surface area (Å²) in [4.78, 5) is 39.4. The second-order valence-corrected chi connectivity index (χ2v) is 13.1. The van der Waals surface area contributed by atoms with Gasteiger partial charge in [-0.1, -0.05) is 25.4 Å². The maximum atomic E-state index is 13.8. The van der Waals surface area contributed by atoms with Crippen LogP contribution in [0.25, 0.3) is 0 Å². The van der Waals surface area contributed by atoms with Crippen LogP contribution in [0.4, 0.5) is 23.7 Å². The number of carbonyl (C=O) groups excluding carboxylic acids is 3. The molecule has 2 aromatic rings. The number of benzene rings is 2. The van der Waals surface area contributed by atoms with Crippen molar-refractivity contribution in [2.75, 3.05) is 12.4 Å². The van der Waals surface area contributed by atoms with Crippen LogP contribution in [0.15, 0.2) is 35.2 Å². The van der Waals surface area contributed by atoms with Crippen LogP contribution in [0.3, 0.4) is 0 Å². The molecule has 2 aliphatic rings. The number of halogens is 4. The van der Waals surface area contributed by atoms with Crippen molar-refractivity contribution in [1.82, 2.24) is 10.2 Å². The van der Waals surface area contributed by atoms with E-state index < -0.39 is 50.6 Å². The minimum absolute atomic E-state index is 0.117. The molecule has 0 radical (unpaired) electrons. The normalized spacial score (nSPS) is 21.0. The third kappa shape index (κ3) is 6.15. The molecule has 4 atom stereocenters. The van der Waals surface area contributed by atoms with Gasteiger partial charge in [-0.15, -0.1) is 0 Å². The number of hydrogen-bond acceptors (Lipinski definition) is 6. The van der Waals surface area contributed by atoms with E-state index in [1.165, 1.54) is 19.2 Å². The van der Waals surface area contributed by atoms with Gasteiger partial charge in [0, 0.05) is 35.5 Å². The van der Waals surface area contributed by atoms with Crippen LogP contribution in [0, 0.1) is 23.4 Å². The molecule has 2 heterocycles. The zero-order chi connectivity index (χ0) is 30.2. The van der Waals surface area contributed by atoms with Crippen LogP contribution in [-0.2, 0) is 19.4 Å². The first-order valence-corrected chi connectivity index (χ1v) is 14.8. The van der Waals surface area contributed by atoms with Gasteiger partial charge in [0.25, 0.3) is 5.91 Å². The largest absolute Gasteiger partial charge is 0.453 e. The molecule has 2 bridgehead atoms. The molecule has 0 aliphatic carbocycles. The van der Waals surface area contributed by atoms with Crippen molar-refractivity contribution in [2.45, 2.75) is 67.8 Å². The van der Waals surface area contributed by atoms with Crippen LogP contribution < -0.4 is 10.6 Å². The van der Waals surface area contributed by atoms with Crippen molar-refractivity contribution >= 4 is 45.0 Å². The number of rotatable bonds is 7. The highest BCUT2D eigenvalue weighted by atomic mass is 35.5. The number of sulfone groups is 1. The Labute approximate surface area is 240 Å². The summed E-state index contributed by atoms with van der Waals surface area (Å²) in [6.45, 7) is 3.57. The highest BCUT2D eigenvalue weighted by Gasteiger charge is 2.49. The van der Waals surface area contributed by atoms with Gasteiger partial charge in [0.15, 0.2) is 27.3 Å². The van der Waals surface area contributed by atoms with Crippen LogP contribution >= 0.6 is 11.6 Å². The second-order valence-electron chi connectivity index (χ2n) is 10.5. The van der Waals surface area contributed by atoms with Crippen LogP contribution in [0.2, 0.25) is 5.02 Å². The first-order valence-electron chi connectivity index (χ1n) is 12.9. The summed E-state index contributed by atoms with van der Waals surface area (Å²) >= 11 is 6.26. The molecule has 0 saturated carbocycles. The molecule has 0 aromatic heterocycles. The van der Waals surface area contributed by atoms with Gasteiger partial charge in [-0.25, -0.2) is 26.4 Å². The molecular formula is C27H29ClF3N3O6S. The average Bonchev–Trinajstić information content (AvgIpc) is 3.18. The van der Waals surface area contributed by atoms with E-state index >= 15 is 0 Å². The standard InChI is InChI=1S/C27H29ClF3N3O6S/c1-13(2)24(33-27(37)40-3)26(36)34-16-5-6-17(34)12-18(11-16)41(38,39)22-8-14(4-7-19(22)28)25(35)32-15-9-20(29)23(31)21(30)10-15/h4,7-10,13,16-18,24H,5-6,11-12H2,1-3H3,(H,32,35)(H,33,37)/t16-,17?,18-,24-/m0/s1. The van der Waals surface area contributed by atoms with Gasteiger partial charge in [-0.3, -0.25) is 9.59 Å². The summed E-state index contributed by atoms with van der Waals surface area (Å²) in [6.07, 6.45) is 0.706. The number of methoxy groups -OCH3 is 1. The number of hydrogen-bond donors (Lipinski definition) is 2. The third-order valence-corrected chi connectivity index (χ3v) is 10.2. The topological polar surface area (TPSA) is 122 Å². The van der Waals surface area contributed by atoms with Gasteiger partial charge in [0.05, 0.1) is 22.3 Å². The summed E-state index contributed by atoms with van der Waals surface area (Å²) in [5.41, 5.74) is -0.511. The van der Waals surface area contributed by atoms with Gasteiger partial charge in [0.1, 0.15) is 6.04 Å². The molecule has 9 nitrogen and oxygen atoms in total. The van der Waals surface area contributed by atoms with Crippen LogP contribution in [-0.4, -0.2) is 61.7 Å². The monoisotopic (exact) mass is 615 g/mol.